The first-order valence-electron chi connectivity index (χ1n) is 14.6. The molecule has 2 aromatic rings. The van der Waals surface area contributed by atoms with Crippen molar-refractivity contribution in [2.75, 3.05) is 13.2 Å². The maximum Gasteiger partial charge on any atom is 0.200 e. The molecule has 0 radical (unpaired) electrons. The van der Waals surface area contributed by atoms with Crippen LogP contribution in [0.5, 0.6) is 11.5 Å². The molecular formula is C32H42F4O2. The first-order chi connectivity index (χ1) is 18.4. The normalized spacial score (nSPS) is 23.8. The second-order valence-electron chi connectivity index (χ2n) is 11.2. The first-order valence-corrected chi connectivity index (χ1v) is 14.6. The summed E-state index contributed by atoms with van der Waals surface area (Å²) in [7, 11) is 0. The number of rotatable bonds is 11. The lowest BCUT2D eigenvalue weighted by molar-refractivity contribution is 0.156. The molecule has 6 heteroatoms. The van der Waals surface area contributed by atoms with E-state index in [-0.39, 0.29) is 17.4 Å². The Morgan fingerprint density at radius 1 is 0.684 bits per heavy atom. The largest absolute Gasteiger partial charge is 0.491 e. The minimum absolute atomic E-state index is 0.0144. The molecule has 2 saturated carbocycles. The zero-order chi connectivity index (χ0) is 27.1. The topological polar surface area (TPSA) is 18.5 Å². The third-order valence-corrected chi connectivity index (χ3v) is 8.85. The van der Waals surface area contributed by atoms with Crippen LogP contribution >= 0.6 is 0 Å². The number of unbranched alkanes of at least 4 members (excludes halogenated alkanes) is 1. The minimum atomic E-state index is -0.887. The smallest absolute Gasteiger partial charge is 0.200 e. The van der Waals surface area contributed by atoms with E-state index in [4.69, 9.17) is 9.47 Å². The van der Waals surface area contributed by atoms with E-state index >= 15 is 0 Å². The fourth-order valence-electron chi connectivity index (χ4n) is 6.54. The van der Waals surface area contributed by atoms with Gasteiger partial charge in [-0.05, 0) is 112 Å². The Morgan fingerprint density at radius 2 is 1.29 bits per heavy atom. The molecule has 38 heavy (non-hydrogen) atoms. The Bertz CT molecular complexity index is 1040. The van der Waals surface area contributed by atoms with Crippen LogP contribution in [0.3, 0.4) is 0 Å². The van der Waals surface area contributed by atoms with Crippen molar-refractivity contribution in [2.45, 2.75) is 96.8 Å². The highest BCUT2D eigenvalue weighted by Crippen LogP contribution is 2.45. The summed E-state index contributed by atoms with van der Waals surface area (Å²) in [6, 6.07) is 6.48. The van der Waals surface area contributed by atoms with Crippen molar-refractivity contribution in [1.29, 1.82) is 0 Å². The Labute approximate surface area is 225 Å². The van der Waals surface area contributed by atoms with Crippen molar-refractivity contribution in [2.24, 2.45) is 17.8 Å². The fourth-order valence-corrected chi connectivity index (χ4v) is 6.54. The summed E-state index contributed by atoms with van der Waals surface area (Å²) in [4.78, 5) is 0. The fraction of sp³-hybridized carbons (Fsp3) is 0.625. The van der Waals surface area contributed by atoms with Gasteiger partial charge in [-0.15, -0.1) is 0 Å². The van der Waals surface area contributed by atoms with Gasteiger partial charge >= 0.3 is 0 Å². The highest BCUT2D eigenvalue weighted by atomic mass is 19.2. The molecule has 0 bridgehead atoms. The quantitative estimate of drug-likeness (QED) is 0.211. The lowest BCUT2D eigenvalue weighted by Gasteiger charge is -2.38. The predicted octanol–water partition coefficient (Wildman–Crippen LogP) is 9.53. The Balaban J connectivity index is 1.22. The molecule has 0 unspecified atom stereocenters. The molecule has 2 fully saturated rings. The van der Waals surface area contributed by atoms with Crippen molar-refractivity contribution in [3.8, 4) is 11.5 Å². The Morgan fingerprint density at radius 3 is 1.95 bits per heavy atom. The van der Waals surface area contributed by atoms with Gasteiger partial charge in [-0.2, -0.15) is 8.78 Å². The predicted molar refractivity (Wildman–Crippen MR) is 143 cm³/mol. The zero-order valence-electron chi connectivity index (χ0n) is 22.8. The van der Waals surface area contributed by atoms with Crippen molar-refractivity contribution >= 4 is 0 Å². The van der Waals surface area contributed by atoms with E-state index in [1.165, 1.54) is 6.07 Å². The summed E-state index contributed by atoms with van der Waals surface area (Å²) in [6.07, 6.45) is 11.6. The molecule has 0 amide bonds. The van der Waals surface area contributed by atoms with E-state index in [0.717, 1.165) is 70.6 Å². The number of hydrogen-bond donors (Lipinski definition) is 0. The third-order valence-electron chi connectivity index (χ3n) is 8.85. The van der Waals surface area contributed by atoms with E-state index in [0.29, 0.717) is 48.5 Å². The van der Waals surface area contributed by atoms with E-state index in [1.807, 2.05) is 6.92 Å². The van der Waals surface area contributed by atoms with Gasteiger partial charge < -0.3 is 9.47 Å². The van der Waals surface area contributed by atoms with Gasteiger partial charge in [0.1, 0.15) is 0 Å². The van der Waals surface area contributed by atoms with Crippen molar-refractivity contribution in [3.63, 3.8) is 0 Å². The zero-order valence-corrected chi connectivity index (χ0v) is 22.8. The second kappa shape index (κ2) is 13.7. The van der Waals surface area contributed by atoms with Crippen molar-refractivity contribution in [1.82, 2.24) is 0 Å². The lowest BCUT2D eigenvalue weighted by atomic mass is 9.68. The maximum absolute atomic E-state index is 14.8. The highest BCUT2D eigenvalue weighted by Gasteiger charge is 2.33. The van der Waals surface area contributed by atoms with E-state index in [2.05, 4.69) is 0 Å². The molecule has 0 heterocycles. The van der Waals surface area contributed by atoms with Gasteiger partial charge in [0.2, 0.25) is 11.6 Å². The molecule has 0 aliphatic heterocycles. The average Bonchev–Trinajstić information content (AvgIpc) is 2.94. The average molecular weight is 535 g/mol. The molecule has 210 valence electrons. The summed E-state index contributed by atoms with van der Waals surface area (Å²) >= 11 is 0. The van der Waals surface area contributed by atoms with Gasteiger partial charge in [-0.3, -0.25) is 0 Å². The molecule has 2 nitrogen and oxygen atoms in total. The van der Waals surface area contributed by atoms with Crippen LogP contribution in [0, 0.1) is 41.0 Å². The summed E-state index contributed by atoms with van der Waals surface area (Å²) in [5, 5.41) is 0. The van der Waals surface area contributed by atoms with E-state index in [1.54, 1.807) is 25.1 Å². The third kappa shape index (κ3) is 6.84. The molecule has 4 rings (SSSR count). The summed E-state index contributed by atoms with van der Waals surface area (Å²) in [5.74, 6) is -1.38. The van der Waals surface area contributed by atoms with E-state index in [9.17, 15) is 17.6 Å². The first kappa shape index (κ1) is 28.8. The monoisotopic (exact) mass is 534 g/mol. The van der Waals surface area contributed by atoms with Crippen molar-refractivity contribution < 1.29 is 27.0 Å². The molecule has 0 saturated heterocycles. The lowest BCUT2D eigenvalue weighted by Crippen LogP contribution is -2.26. The van der Waals surface area contributed by atoms with Gasteiger partial charge in [-0.1, -0.05) is 38.3 Å². The van der Waals surface area contributed by atoms with Crippen LogP contribution < -0.4 is 9.47 Å². The molecule has 2 aliphatic rings. The Kier molecular flexibility index (Phi) is 10.4. The summed E-state index contributed by atoms with van der Waals surface area (Å²) < 4.78 is 68.6. The van der Waals surface area contributed by atoms with Crippen LogP contribution in [0.25, 0.3) is 0 Å². The SMILES string of the molecule is CCCCOc1ccc(C2CCC(C3CCC(CCc4ccc(OCC)c(F)c4F)CC3)CC2)c(F)c1F. The maximum atomic E-state index is 14.8. The summed E-state index contributed by atoms with van der Waals surface area (Å²) in [6.45, 7) is 4.48. The van der Waals surface area contributed by atoms with Crippen LogP contribution in [0.1, 0.15) is 102 Å². The second-order valence-corrected chi connectivity index (χ2v) is 11.2. The number of halogens is 4. The molecule has 0 spiro atoms. The highest BCUT2D eigenvalue weighted by molar-refractivity contribution is 5.33. The minimum Gasteiger partial charge on any atom is -0.491 e. The van der Waals surface area contributed by atoms with Crippen LogP contribution in [0.15, 0.2) is 24.3 Å². The van der Waals surface area contributed by atoms with Crippen LogP contribution in [-0.2, 0) is 6.42 Å². The van der Waals surface area contributed by atoms with Crippen molar-refractivity contribution in [3.05, 3.63) is 58.7 Å². The van der Waals surface area contributed by atoms with Gasteiger partial charge in [0.15, 0.2) is 23.1 Å². The van der Waals surface area contributed by atoms with Gasteiger partial charge in [0, 0.05) is 0 Å². The van der Waals surface area contributed by atoms with Gasteiger partial charge in [0.25, 0.3) is 0 Å². The van der Waals surface area contributed by atoms with E-state index < -0.39 is 23.3 Å². The number of hydrogen-bond acceptors (Lipinski definition) is 2. The molecular weight excluding hydrogens is 492 g/mol. The molecule has 0 aromatic heterocycles. The number of benzene rings is 2. The molecule has 2 aromatic carbocycles. The van der Waals surface area contributed by atoms with Crippen LogP contribution in [0.4, 0.5) is 17.6 Å². The molecule has 0 atom stereocenters. The standard InChI is InChI=1S/C32H42F4O2/c1-3-5-20-38-28-19-17-26(30(34)32(28)36)24-14-12-23(13-15-24)22-9-6-21(7-10-22)8-11-25-16-18-27(37-4-2)31(35)29(25)33/h16-19,21-24H,3-15,20H2,1-2H3. The van der Waals surface area contributed by atoms with Crippen LogP contribution in [-0.4, -0.2) is 13.2 Å². The number of aryl methyl sites for hydroxylation is 1. The van der Waals surface area contributed by atoms with Crippen LogP contribution in [0.2, 0.25) is 0 Å². The Hall–Kier alpha value is -2.24. The molecule has 0 N–H and O–H groups in total. The van der Waals surface area contributed by atoms with Gasteiger partial charge in [-0.25, -0.2) is 8.78 Å². The van der Waals surface area contributed by atoms with Gasteiger partial charge in [0.05, 0.1) is 13.2 Å². The molecule has 2 aliphatic carbocycles. The number of ether oxygens (including phenoxy) is 2. The summed E-state index contributed by atoms with van der Waals surface area (Å²) in [5.41, 5.74) is 0.918.